The van der Waals surface area contributed by atoms with E-state index in [1.54, 1.807) is 0 Å². The van der Waals surface area contributed by atoms with Gasteiger partial charge in [-0.05, 0) is 68.3 Å². The quantitative estimate of drug-likeness (QED) is 0.836. The Hall–Kier alpha value is -1.51. The van der Waals surface area contributed by atoms with Crippen molar-refractivity contribution in [3.8, 4) is 0 Å². The Labute approximate surface area is 151 Å². The summed E-state index contributed by atoms with van der Waals surface area (Å²) in [5.41, 5.74) is 0.480. The number of aromatic nitrogens is 1. The molecule has 2 aliphatic carbocycles. The highest BCUT2D eigenvalue weighted by Crippen LogP contribution is 2.60. The molecule has 3 nitrogen and oxygen atoms in total. The Balaban J connectivity index is 1.68. The van der Waals surface area contributed by atoms with Crippen LogP contribution in [0.4, 0.5) is 0 Å². The molecule has 25 heavy (non-hydrogen) atoms. The fraction of sp³-hybridized carbons (Fsp3) is 0.682. The molecule has 1 aliphatic heterocycles. The molecule has 4 atom stereocenters. The number of hydrogen-bond donors (Lipinski definition) is 1. The van der Waals surface area contributed by atoms with Crippen molar-refractivity contribution in [2.24, 2.45) is 28.2 Å². The molecule has 1 aromatic heterocycles. The largest absolute Gasteiger partial charge is 0.361 e. The predicted octanol–water partition coefficient (Wildman–Crippen LogP) is 3.51. The summed E-state index contributed by atoms with van der Waals surface area (Å²) in [6, 6.07) is 2.20. The smallest absolute Gasteiger partial charge is 0.137 e. The van der Waals surface area contributed by atoms with E-state index in [-0.39, 0.29) is 0 Å². The van der Waals surface area contributed by atoms with Gasteiger partial charge in [-0.15, -0.1) is 0 Å². The number of unbranched alkanes of at least 4 members (excludes halogenated alkanes) is 1. The first kappa shape index (κ1) is 16.9. The van der Waals surface area contributed by atoms with Crippen molar-refractivity contribution in [2.75, 3.05) is 13.1 Å². The van der Waals surface area contributed by atoms with Crippen molar-refractivity contribution < 1.29 is 0 Å². The summed E-state index contributed by atoms with van der Waals surface area (Å²) in [4.78, 5) is 10.8. The average Bonchev–Trinajstić information content (AvgIpc) is 3.17. The second kappa shape index (κ2) is 6.66. The van der Waals surface area contributed by atoms with Gasteiger partial charge >= 0.3 is 0 Å². The summed E-state index contributed by atoms with van der Waals surface area (Å²) < 4.78 is 0. The molecule has 3 aliphatic rings. The van der Waals surface area contributed by atoms with Crippen LogP contribution in [0.2, 0.25) is 0 Å². The van der Waals surface area contributed by atoms with Gasteiger partial charge in [0.05, 0.1) is 0 Å². The lowest BCUT2D eigenvalue weighted by Crippen LogP contribution is -2.49. The fourth-order valence-electron chi connectivity index (χ4n) is 5.41. The number of aromatic amines is 1. The van der Waals surface area contributed by atoms with Crippen molar-refractivity contribution in [3.63, 3.8) is 0 Å². The van der Waals surface area contributed by atoms with Crippen molar-refractivity contribution in [1.29, 1.82) is 0 Å². The monoisotopic (exact) mass is 339 g/mol. The van der Waals surface area contributed by atoms with Crippen LogP contribution in [0.3, 0.4) is 0 Å². The van der Waals surface area contributed by atoms with Gasteiger partial charge in [-0.25, -0.2) is 4.99 Å². The standard InChI is InChI=1S/C22H33N3/c1-4-6-7-20-19(8-10-24-20)21(23-5-2)25-11-9-18-13-16-12-17(16)14-22(18,3)15-25/h5,7-8,10,16-18,24H,4,6,9,11-15H2,1-3H3/b20-7-,21-19+,23-5?/t16?,17?,18-,22-/m1/s1. The summed E-state index contributed by atoms with van der Waals surface area (Å²) in [5.74, 6) is 4.20. The molecular formula is C22H33N3. The normalized spacial score (nSPS) is 36.4. The third-order valence-corrected chi connectivity index (χ3v) is 6.88. The van der Waals surface area contributed by atoms with Crippen molar-refractivity contribution >= 4 is 18.1 Å². The fourth-order valence-corrected chi connectivity index (χ4v) is 5.41. The maximum Gasteiger partial charge on any atom is 0.137 e. The molecule has 4 rings (SSSR count). The molecule has 3 heteroatoms. The van der Waals surface area contributed by atoms with Gasteiger partial charge in [0.15, 0.2) is 0 Å². The Bertz CT molecular complexity index is 758. The van der Waals surface area contributed by atoms with Crippen LogP contribution in [0, 0.1) is 23.2 Å². The highest BCUT2D eigenvalue weighted by Gasteiger charge is 2.53. The Kier molecular flexibility index (Phi) is 4.51. The number of aliphatic imine (C=N–C) groups is 1. The number of fused-ring (bicyclic) bond motifs is 2. The number of rotatable bonds is 4. The van der Waals surface area contributed by atoms with Crippen LogP contribution < -0.4 is 10.6 Å². The van der Waals surface area contributed by atoms with Gasteiger partial charge in [0.25, 0.3) is 0 Å². The number of piperidine rings is 1. The van der Waals surface area contributed by atoms with E-state index in [1.807, 2.05) is 13.1 Å². The topological polar surface area (TPSA) is 31.4 Å². The van der Waals surface area contributed by atoms with Crippen molar-refractivity contribution in [1.82, 2.24) is 9.88 Å². The summed E-state index contributed by atoms with van der Waals surface area (Å²) in [5, 5.41) is 2.51. The zero-order valence-corrected chi connectivity index (χ0v) is 16.1. The lowest BCUT2D eigenvalue weighted by Gasteiger charge is -2.49. The van der Waals surface area contributed by atoms with E-state index >= 15 is 0 Å². The van der Waals surface area contributed by atoms with Gasteiger partial charge in [-0.1, -0.05) is 26.3 Å². The molecule has 3 fully saturated rings. The van der Waals surface area contributed by atoms with Gasteiger partial charge in [-0.3, -0.25) is 0 Å². The molecule has 1 saturated heterocycles. The molecule has 1 aromatic rings. The third kappa shape index (κ3) is 3.18. The van der Waals surface area contributed by atoms with Crippen LogP contribution in [0.1, 0.15) is 59.3 Å². The number of nitrogens with zero attached hydrogens (tertiary/aromatic N) is 2. The lowest BCUT2D eigenvalue weighted by atomic mass is 9.64. The van der Waals surface area contributed by atoms with Crippen molar-refractivity contribution in [3.05, 3.63) is 22.8 Å². The minimum absolute atomic E-state index is 0.480. The molecule has 0 radical (unpaired) electrons. The molecule has 0 bridgehead atoms. The second-order valence-electron chi connectivity index (χ2n) is 8.77. The molecule has 1 N–H and O–H groups in total. The zero-order chi connectivity index (χ0) is 17.4. The zero-order valence-electron chi connectivity index (χ0n) is 16.1. The minimum atomic E-state index is 0.480. The van der Waals surface area contributed by atoms with Gasteiger partial charge in [0.2, 0.25) is 0 Å². The predicted molar refractivity (Wildman–Crippen MR) is 106 cm³/mol. The van der Waals surface area contributed by atoms with Crippen LogP contribution in [0.25, 0.3) is 11.9 Å². The van der Waals surface area contributed by atoms with Gasteiger partial charge in [0.1, 0.15) is 5.82 Å². The van der Waals surface area contributed by atoms with E-state index in [0.717, 1.165) is 30.7 Å². The van der Waals surface area contributed by atoms with E-state index in [0.29, 0.717) is 5.41 Å². The number of hydrogen-bond acceptors (Lipinski definition) is 2. The van der Waals surface area contributed by atoms with Crippen LogP contribution in [0.5, 0.6) is 0 Å². The maximum absolute atomic E-state index is 4.83. The Morgan fingerprint density at radius 1 is 1.40 bits per heavy atom. The molecule has 2 heterocycles. The van der Waals surface area contributed by atoms with Crippen LogP contribution >= 0.6 is 0 Å². The lowest BCUT2D eigenvalue weighted by molar-refractivity contribution is 0.0278. The Morgan fingerprint density at radius 2 is 2.28 bits per heavy atom. The Morgan fingerprint density at radius 3 is 3.08 bits per heavy atom. The van der Waals surface area contributed by atoms with E-state index in [2.05, 4.69) is 42.1 Å². The molecule has 2 saturated carbocycles. The summed E-state index contributed by atoms with van der Waals surface area (Å²) >= 11 is 0. The van der Waals surface area contributed by atoms with E-state index in [4.69, 9.17) is 4.99 Å². The highest BCUT2D eigenvalue weighted by molar-refractivity contribution is 5.62. The van der Waals surface area contributed by atoms with Crippen molar-refractivity contribution in [2.45, 2.75) is 59.3 Å². The first-order valence-corrected chi connectivity index (χ1v) is 10.3. The highest BCUT2D eigenvalue weighted by atomic mass is 15.2. The summed E-state index contributed by atoms with van der Waals surface area (Å²) in [6.07, 6.45) is 14.4. The number of nitrogens with one attached hydrogen (secondary N) is 1. The molecule has 2 unspecified atom stereocenters. The van der Waals surface area contributed by atoms with Gasteiger partial charge in [0, 0.05) is 36.1 Å². The maximum atomic E-state index is 4.83. The molecule has 0 spiro atoms. The average molecular weight is 340 g/mol. The minimum Gasteiger partial charge on any atom is -0.361 e. The molecular weight excluding hydrogens is 306 g/mol. The summed E-state index contributed by atoms with van der Waals surface area (Å²) in [7, 11) is 0. The van der Waals surface area contributed by atoms with Gasteiger partial charge in [-0.2, -0.15) is 0 Å². The number of likely N-dealkylation sites (tertiary alicyclic amines) is 1. The second-order valence-corrected chi connectivity index (χ2v) is 8.77. The van der Waals surface area contributed by atoms with Crippen LogP contribution in [-0.4, -0.2) is 29.2 Å². The first-order chi connectivity index (χ1) is 12.1. The third-order valence-electron chi connectivity index (χ3n) is 6.88. The van der Waals surface area contributed by atoms with E-state index < -0.39 is 0 Å². The van der Waals surface area contributed by atoms with Crippen LogP contribution in [-0.2, 0) is 0 Å². The van der Waals surface area contributed by atoms with E-state index in [1.165, 1.54) is 55.0 Å². The summed E-state index contributed by atoms with van der Waals surface area (Å²) in [6.45, 7) is 9.14. The van der Waals surface area contributed by atoms with E-state index in [9.17, 15) is 0 Å². The number of H-pyrrole nitrogens is 1. The molecule has 0 aromatic carbocycles. The molecule has 0 amide bonds. The molecule has 136 valence electrons. The first-order valence-electron chi connectivity index (χ1n) is 10.3. The van der Waals surface area contributed by atoms with Gasteiger partial charge < -0.3 is 9.88 Å². The SMILES string of the molecule is CC=N/C(=c1/cc[nH]/c1=C\CCC)N1CC[C@@H]2CC3CC3C[C@]2(C)C1. The van der Waals surface area contributed by atoms with Crippen LogP contribution in [0.15, 0.2) is 17.3 Å².